The van der Waals surface area contributed by atoms with Crippen LogP contribution in [0.15, 0.2) is 47.8 Å². The van der Waals surface area contributed by atoms with E-state index in [1.807, 2.05) is 64.1 Å². The molecule has 0 bridgehead atoms. The lowest BCUT2D eigenvalue weighted by Gasteiger charge is -2.15. The highest BCUT2D eigenvalue weighted by Crippen LogP contribution is 2.29. The molecule has 138 valence electrons. The predicted octanol–water partition coefficient (Wildman–Crippen LogP) is 4.60. The lowest BCUT2D eigenvalue weighted by atomic mass is 10.1. The van der Waals surface area contributed by atoms with Crippen LogP contribution < -0.4 is 9.47 Å². The first-order chi connectivity index (χ1) is 12.6. The van der Waals surface area contributed by atoms with Gasteiger partial charge in [0.1, 0.15) is 31.8 Å². The van der Waals surface area contributed by atoms with E-state index in [0.29, 0.717) is 13.2 Å². The van der Waals surface area contributed by atoms with Crippen molar-refractivity contribution in [2.75, 3.05) is 13.7 Å². The minimum absolute atomic E-state index is 0.354. The molecule has 0 aliphatic heterocycles. The molecular weight excluding hydrogens is 328 g/mol. The van der Waals surface area contributed by atoms with E-state index in [2.05, 4.69) is 10.1 Å². The highest BCUT2D eigenvalue weighted by atomic mass is 16.6. The third kappa shape index (κ3) is 5.09. The number of rotatable bonds is 8. The molecule has 0 N–H and O–H groups in total. The van der Waals surface area contributed by atoms with Gasteiger partial charge in [-0.3, -0.25) is 4.98 Å². The van der Waals surface area contributed by atoms with Crippen molar-refractivity contribution in [3.63, 3.8) is 0 Å². The van der Waals surface area contributed by atoms with Crippen molar-refractivity contribution in [2.24, 2.45) is 5.16 Å². The maximum atomic E-state index is 6.08. The minimum atomic E-state index is 0.354. The Labute approximate surface area is 155 Å². The van der Waals surface area contributed by atoms with Crippen molar-refractivity contribution in [3.8, 4) is 11.5 Å². The number of hydrogen-bond donors (Lipinski definition) is 0. The summed E-state index contributed by atoms with van der Waals surface area (Å²) in [5.41, 5.74) is 4.55. The number of pyridine rings is 1. The van der Waals surface area contributed by atoms with Crippen LogP contribution in [0.5, 0.6) is 11.5 Å². The average molecular weight is 354 g/mol. The van der Waals surface area contributed by atoms with Crippen LogP contribution in [0.3, 0.4) is 0 Å². The first-order valence-corrected chi connectivity index (χ1v) is 8.56. The van der Waals surface area contributed by atoms with E-state index in [-0.39, 0.29) is 0 Å². The third-order valence-corrected chi connectivity index (χ3v) is 3.88. The molecule has 1 aromatic heterocycles. The van der Waals surface area contributed by atoms with Crippen molar-refractivity contribution in [2.45, 2.75) is 34.3 Å². The predicted molar refractivity (Wildman–Crippen MR) is 104 cm³/mol. The normalized spacial score (nSPS) is 11.7. The van der Waals surface area contributed by atoms with Gasteiger partial charge in [-0.2, -0.15) is 0 Å². The van der Waals surface area contributed by atoms with Gasteiger partial charge < -0.3 is 14.3 Å². The lowest BCUT2D eigenvalue weighted by Crippen LogP contribution is -2.08. The fraction of sp³-hybridized carbons (Fsp3) is 0.333. The Kier molecular flexibility index (Phi) is 7.21. The molecule has 5 heteroatoms. The number of allylic oxidation sites excluding steroid dienone is 1. The monoisotopic (exact) mass is 354 g/mol. The highest BCUT2D eigenvalue weighted by molar-refractivity contribution is 5.99. The molecule has 1 heterocycles. The largest absolute Gasteiger partial charge is 0.490 e. The van der Waals surface area contributed by atoms with Crippen LogP contribution in [0.1, 0.15) is 36.2 Å². The topological polar surface area (TPSA) is 52.9 Å². The molecule has 0 atom stereocenters. The Bertz CT molecular complexity index is 775. The molecule has 0 amide bonds. The molecule has 0 unspecified atom stereocenters. The molecule has 0 aliphatic carbocycles. The van der Waals surface area contributed by atoms with Gasteiger partial charge in [-0.25, -0.2) is 0 Å². The second kappa shape index (κ2) is 9.61. The first-order valence-electron chi connectivity index (χ1n) is 8.56. The summed E-state index contributed by atoms with van der Waals surface area (Å²) >= 11 is 0. The van der Waals surface area contributed by atoms with Gasteiger partial charge in [0.25, 0.3) is 0 Å². The van der Waals surface area contributed by atoms with E-state index in [1.165, 1.54) is 7.11 Å². The maximum absolute atomic E-state index is 6.08. The van der Waals surface area contributed by atoms with Crippen LogP contribution in [0, 0.1) is 13.8 Å². The summed E-state index contributed by atoms with van der Waals surface area (Å²) in [6.07, 6.45) is 5.69. The number of aromatic nitrogens is 1. The molecule has 2 aromatic rings. The molecule has 0 aliphatic rings. The van der Waals surface area contributed by atoms with E-state index >= 15 is 0 Å². The third-order valence-electron chi connectivity index (χ3n) is 3.88. The molecular formula is C21H26N2O3. The molecule has 2 rings (SSSR count). The van der Waals surface area contributed by atoms with Gasteiger partial charge in [-0.1, -0.05) is 17.3 Å². The zero-order valence-electron chi connectivity index (χ0n) is 16.1. The first kappa shape index (κ1) is 19.5. The molecule has 0 saturated heterocycles. The van der Waals surface area contributed by atoms with E-state index < -0.39 is 0 Å². The van der Waals surface area contributed by atoms with Crippen molar-refractivity contribution in [1.29, 1.82) is 0 Å². The van der Waals surface area contributed by atoms with Gasteiger partial charge in [0.15, 0.2) is 0 Å². The Balaban J connectivity index is 2.16. The Morgan fingerprint density at radius 1 is 1.19 bits per heavy atom. The van der Waals surface area contributed by atoms with Crippen molar-refractivity contribution in [3.05, 3.63) is 65.0 Å². The van der Waals surface area contributed by atoms with Crippen LogP contribution in [0.4, 0.5) is 0 Å². The van der Waals surface area contributed by atoms with Crippen molar-refractivity contribution >= 4 is 5.71 Å². The molecule has 0 fully saturated rings. The Morgan fingerprint density at radius 3 is 2.58 bits per heavy atom. The number of oxime groups is 1. The fourth-order valence-corrected chi connectivity index (χ4v) is 2.67. The second-order valence-electron chi connectivity index (χ2n) is 5.91. The van der Waals surface area contributed by atoms with Crippen LogP contribution in [0.2, 0.25) is 0 Å². The summed E-state index contributed by atoms with van der Waals surface area (Å²) in [5.74, 6) is 1.69. The van der Waals surface area contributed by atoms with Crippen LogP contribution in [-0.2, 0) is 11.4 Å². The molecule has 0 saturated carbocycles. The van der Waals surface area contributed by atoms with Crippen molar-refractivity contribution in [1.82, 2.24) is 4.98 Å². The summed E-state index contributed by atoms with van der Waals surface area (Å²) in [7, 11) is 1.53. The number of hydrogen-bond acceptors (Lipinski definition) is 5. The minimum Gasteiger partial charge on any atom is -0.490 e. The standard InChI is InChI=1S/C21H26N2O3/c1-6-7-11-25-18-12-15(2)21(16(3)13-18)26-14-20-19(9-8-10-22-20)17(4)23-24-5/h6-10,12-13H,11,14H2,1-5H3/b7-6+,23-17-. The zero-order valence-corrected chi connectivity index (χ0v) is 16.1. The van der Waals surface area contributed by atoms with Gasteiger partial charge in [0.2, 0.25) is 0 Å². The second-order valence-corrected chi connectivity index (χ2v) is 5.91. The van der Waals surface area contributed by atoms with Gasteiger partial charge >= 0.3 is 0 Å². The van der Waals surface area contributed by atoms with E-state index in [1.54, 1.807) is 6.20 Å². The summed E-state index contributed by atoms with van der Waals surface area (Å²) in [5, 5.41) is 3.99. The Morgan fingerprint density at radius 2 is 1.92 bits per heavy atom. The van der Waals surface area contributed by atoms with Gasteiger partial charge in [-0.05, 0) is 63.1 Å². The lowest BCUT2D eigenvalue weighted by molar-refractivity contribution is 0.213. The number of nitrogens with zero attached hydrogens (tertiary/aromatic N) is 2. The van der Waals surface area contributed by atoms with Gasteiger partial charge in [0.05, 0.1) is 11.4 Å². The molecule has 1 aromatic carbocycles. The molecule has 26 heavy (non-hydrogen) atoms. The number of aryl methyl sites for hydroxylation is 2. The molecule has 0 spiro atoms. The summed E-state index contributed by atoms with van der Waals surface area (Å²) in [6, 6.07) is 7.81. The number of benzene rings is 1. The number of ether oxygens (including phenoxy) is 2. The Hall–Kier alpha value is -2.82. The fourth-order valence-electron chi connectivity index (χ4n) is 2.67. The summed E-state index contributed by atoms with van der Waals surface area (Å²) in [6.45, 7) is 8.81. The van der Waals surface area contributed by atoms with Gasteiger partial charge in [0, 0.05) is 11.8 Å². The van der Waals surface area contributed by atoms with Gasteiger partial charge in [-0.15, -0.1) is 0 Å². The van der Waals surface area contributed by atoms with E-state index in [0.717, 1.165) is 39.6 Å². The summed E-state index contributed by atoms with van der Waals surface area (Å²) in [4.78, 5) is 9.30. The van der Waals surface area contributed by atoms with E-state index in [9.17, 15) is 0 Å². The maximum Gasteiger partial charge on any atom is 0.131 e. The smallest absolute Gasteiger partial charge is 0.131 e. The summed E-state index contributed by atoms with van der Waals surface area (Å²) < 4.78 is 11.8. The SMILES string of the molecule is C/C=C/COc1cc(C)c(OCc2ncccc2/C(C)=N\OC)c(C)c1. The molecule has 0 radical (unpaired) electrons. The molecule has 5 nitrogen and oxygen atoms in total. The van der Waals surface area contributed by atoms with Crippen LogP contribution >= 0.6 is 0 Å². The van der Waals surface area contributed by atoms with Crippen LogP contribution in [-0.4, -0.2) is 24.4 Å². The average Bonchev–Trinajstić information content (AvgIpc) is 2.62. The quantitative estimate of drug-likeness (QED) is 0.395. The van der Waals surface area contributed by atoms with Crippen molar-refractivity contribution < 1.29 is 14.3 Å². The van der Waals surface area contributed by atoms with E-state index in [4.69, 9.17) is 14.3 Å². The highest BCUT2D eigenvalue weighted by Gasteiger charge is 2.11. The van der Waals surface area contributed by atoms with Crippen LogP contribution in [0.25, 0.3) is 0 Å². The zero-order chi connectivity index (χ0) is 18.9.